The Balaban J connectivity index is 2.23. The van der Waals surface area contributed by atoms with Crippen molar-refractivity contribution >= 4 is 0 Å². The van der Waals surface area contributed by atoms with Crippen LogP contribution in [-0.4, -0.2) is 21.8 Å². The molecule has 0 saturated carbocycles. The molecule has 1 atom stereocenters. The van der Waals surface area contributed by atoms with Crippen LogP contribution in [0.25, 0.3) is 5.69 Å². The van der Waals surface area contributed by atoms with Crippen LogP contribution in [0.1, 0.15) is 30.8 Å². The summed E-state index contributed by atoms with van der Waals surface area (Å²) in [6, 6.07) is 6.41. The van der Waals surface area contributed by atoms with Crippen molar-refractivity contribution in [2.75, 3.05) is 7.05 Å². The predicted octanol–water partition coefficient (Wildman–Crippen LogP) is 2.25. The topological polar surface area (TPSA) is 42.7 Å². The van der Waals surface area contributed by atoms with E-state index in [0.717, 1.165) is 23.5 Å². The van der Waals surface area contributed by atoms with Gasteiger partial charge in [0.1, 0.15) is 0 Å². The van der Waals surface area contributed by atoms with Gasteiger partial charge < -0.3 is 5.32 Å². The summed E-state index contributed by atoms with van der Waals surface area (Å²) in [6.07, 6.45) is 4.84. The van der Waals surface area contributed by atoms with E-state index in [9.17, 15) is 0 Å². The van der Waals surface area contributed by atoms with Gasteiger partial charge in [-0.1, -0.05) is 6.92 Å². The monoisotopic (exact) mass is 230 g/mol. The Morgan fingerprint density at radius 1 is 1.35 bits per heavy atom. The van der Waals surface area contributed by atoms with Crippen molar-refractivity contribution in [3.63, 3.8) is 0 Å². The number of nitrogens with one attached hydrogen (secondary N) is 1. The van der Waals surface area contributed by atoms with Crippen molar-refractivity contribution in [3.8, 4) is 5.69 Å². The van der Waals surface area contributed by atoms with E-state index in [-0.39, 0.29) is 0 Å². The number of nitrogens with zero attached hydrogens (tertiary/aromatic N) is 3. The summed E-state index contributed by atoms with van der Waals surface area (Å²) in [4.78, 5) is 4.48. The van der Waals surface area contributed by atoms with Crippen molar-refractivity contribution in [1.82, 2.24) is 20.1 Å². The molecule has 0 spiro atoms. The van der Waals surface area contributed by atoms with Gasteiger partial charge in [-0.3, -0.25) is 4.98 Å². The molecular weight excluding hydrogens is 212 g/mol. The zero-order valence-electron chi connectivity index (χ0n) is 10.5. The Kier molecular flexibility index (Phi) is 3.54. The Morgan fingerprint density at radius 3 is 2.65 bits per heavy atom. The maximum atomic E-state index is 4.48. The van der Waals surface area contributed by atoms with E-state index >= 15 is 0 Å². The van der Waals surface area contributed by atoms with Crippen molar-refractivity contribution in [1.29, 1.82) is 0 Å². The van der Waals surface area contributed by atoms with E-state index < -0.39 is 0 Å². The van der Waals surface area contributed by atoms with E-state index in [1.807, 2.05) is 37.1 Å². The first-order chi connectivity index (χ1) is 8.24. The quantitative estimate of drug-likeness (QED) is 0.876. The van der Waals surface area contributed by atoms with Crippen LogP contribution >= 0.6 is 0 Å². The first-order valence-electron chi connectivity index (χ1n) is 5.90. The van der Waals surface area contributed by atoms with Gasteiger partial charge in [0.2, 0.25) is 0 Å². The smallest absolute Gasteiger partial charge is 0.0829 e. The van der Waals surface area contributed by atoms with Gasteiger partial charge in [0.15, 0.2) is 0 Å². The highest BCUT2D eigenvalue weighted by Crippen LogP contribution is 2.15. The van der Waals surface area contributed by atoms with Crippen LogP contribution in [0.5, 0.6) is 0 Å². The maximum absolute atomic E-state index is 4.48. The summed E-state index contributed by atoms with van der Waals surface area (Å²) in [7, 11) is 1.96. The maximum Gasteiger partial charge on any atom is 0.0829 e. The third kappa shape index (κ3) is 2.53. The summed E-state index contributed by atoms with van der Waals surface area (Å²) in [5, 5.41) is 7.60. The highest BCUT2D eigenvalue weighted by Gasteiger charge is 2.08. The fourth-order valence-electron chi connectivity index (χ4n) is 1.86. The molecule has 17 heavy (non-hydrogen) atoms. The number of rotatable bonds is 4. The zero-order valence-corrected chi connectivity index (χ0v) is 10.5. The van der Waals surface area contributed by atoms with Gasteiger partial charge in [-0.2, -0.15) is 5.10 Å². The molecular formula is C13H18N4. The first-order valence-corrected chi connectivity index (χ1v) is 5.90. The first kappa shape index (κ1) is 11.8. The van der Waals surface area contributed by atoms with Crippen molar-refractivity contribution < 1.29 is 0 Å². The van der Waals surface area contributed by atoms with Gasteiger partial charge in [-0.15, -0.1) is 0 Å². The average Bonchev–Trinajstić information content (AvgIpc) is 2.78. The van der Waals surface area contributed by atoms with Crippen LogP contribution < -0.4 is 5.32 Å². The molecule has 2 heterocycles. The second kappa shape index (κ2) is 5.10. The molecule has 0 aliphatic rings. The number of pyridine rings is 1. The van der Waals surface area contributed by atoms with Crippen LogP contribution in [0.2, 0.25) is 0 Å². The molecule has 4 nitrogen and oxygen atoms in total. The van der Waals surface area contributed by atoms with Crippen molar-refractivity contribution in [2.24, 2.45) is 0 Å². The number of aryl methyl sites for hydroxylation is 1. The second-order valence-electron chi connectivity index (χ2n) is 4.09. The molecule has 2 rings (SSSR count). The molecule has 2 aromatic rings. The Morgan fingerprint density at radius 2 is 2.18 bits per heavy atom. The van der Waals surface area contributed by atoms with Gasteiger partial charge in [-0.05, 0) is 38.6 Å². The second-order valence-corrected chi connectivity index (χ2v) is 4.09. The van der Waals surface area contributed by atoms with Crippen molar-refractivity contribution in [2.45, 2.75) is 26.3 Å². The minimum Gasteiger partial charge on any atom is -0.312 e. The molecule has 2 aromatic heterocycles. The van der Waals surface area contributed by atoms with E-state index in [2.05, 4.69) is 34.5 Å². The highest BCUT2D eigenvalue weighted by molar-refractivity contribution is 5.29. The van der Waals surface area contributed by atoms with Gasteiger partial charge in [0.05, 0.1) is 23.3 Å². The van der Waals surface area contributed by atoms with Crippen LogP contribution in [0, 0.1) is 6.92 Å². The lowest BCUT2D eigenvalue weighted by Crippen LogP contribution is -2.16. The predicted molar refractivity (Wildman–Crippen MR) is 68.2 cm³/mol. The minimum absolute atomic E-state index is 0.323. The number of aromatic nitrogens is 3. The SMILES string of the molecule is CCC(NC)c1ccc(-n2ccc(C)n2)cn1. The Hall–Kier alpha value is -1.68. The Bertz CT molecular complexity index is 468. The summed E-state index contributed by atoms with van der Waals surface area (Å²) >= 11 is 0. The van der Waals surface area contributed by atoms with Crippen LogP contribution in [0.3, 0.4) is 0 Å². The molecule has 0 amide bonds. The molecule has 1 N–H and O–H groups in total. The van der Waals surface area contributed by atoms with Crippen molar-refractivity contribution in [3.05, 3.63) is 42.0 Å². The fraction of sp³-hybridized carbons (Fsp3) is 0.385. The normalized spacial score (nSPS) is 12.6. The number of hydrogen-bond acceptors (Lipinski definition) is 3. The van der Waals surface area contributed by atoms with Crippen LogP contribution in [0.4, 0.5) is 0 Å². The summed E-state index contributed by atoms with van der Waals surface area (Å²) in [5.41, 5.74) is 3.08. The lowest BCUT2D eigenvalue weighted by Gasteiger charge is -2.13. The van der Waals surface area contributed by atoms with E-state index in [1.165, 1.54) is 0 Å². The minimum atomic E-state index is 0.323. The summed E-state index contributed by atoms with van der Waals surface area (Å²) < 4.78 is 1.84. The average molecular weight is 230 g/mol. The van der Waals surface area contributed by atoms with Gasteiger partial charge in [-0.25, -0.2) is 4.68 Å². The molecule has 0 bridgehead atoms. The largest absolute Gasteiger partial charge is 0.312 e. The van der Waals surface area contributed by atoms with Gasteiger partial charge in [0, 0.05) is 12.2 Å². The van der Waals surface area contributed by atoms with E-state index in [4.69, 9.17) is 0 Å². The summed E-state index contributed by atoms with van der Waals surface area (Å²) in [6.45, 7) is 4.13. The third-order valence-corrected chi connectivity index (χ3v) is 2.87. The molecule has 90 valence electrons. The van der Waals surface area contributed by atoms with Crippen LogP contribution in [0.15, 0.2) is 30.6 Å². The third-order valence-electron chi connectivity index (χ3n) is 2.87. The molecule has 0 aliphatic carbocycles. The lowest BCUT2D eigenvalue weighted by molar-refractivity contribution is 0.561. The molecule has 0 fully saturated rings. The summed E-state index contributed by atoms with van der Waals surface area (Å²) in [5.74, 6) is 0. The molecule has 0 saturated heterocycles. The van der Waals surface area contributed by atoms with E-state index in [1.54, 1.807) is 0 Å². The molecule has 1 unspecified atom stereocenters. The highest BCUT2D eigenvalue weighted by atomic mass is 15.3. The molecule has 0 radical (unpaired) electrons. The van der Waals surface area contributed by atoms with Crippen LogP contribution in [-0.2, 0) is 0 Å². The standard InChI is InChI=1S/C13H18N4/c1-4-12(14-3)13-6-5-11(9-15-13)17-8-7-10(2)16-17/h5-9,12,14H,4H2,1-3H3. The molecule has 0 aromatic carbocycles. The molecule has 4 heteroatoms. The fourth-order valence-corrected chi connectivity index (χ4v) is 1.86. The van der Waals surface area contributed by atoms with Gasteiger partial charge in [0.25, 0.3) is 0 Å². The van der Waals surface area contributed by atoms with E-state index in [0.29, 0.717) is 6.04 Å². The zero-order chi connectivity index (χ0) is 12.3. The lowest BCUT2D eigenvalue weighted by atomic mass is 10.1. The Labute approximate surface area is 102 Å². The molecule has 0 aliphatic heterocycles. The van der Waals surface area contributed by atoms with Gasteiger partial charge >= 0.3 is 0 Å². The number of hydrogen-bond donors (Lipinski definition) is 1.